The van der Waals surface area contributed by atoms with Gasteiger partial charge in [-0.25, -0.2) is 0 Å². The Balaban J connectivity index is 1.78. The predicted molar refractivity (Wildman–Crippen MR) is 111 cm³/mol. The molecule has 1 fully saturated rings. The minimum atomic E-state index is -0.125. The van der Waals surface area contributed by atoms with Crippen LogP contribution in [0, 0.1) is 5.41 Å². The second-order valence-electron chi connectivity index (χ2n) is 8.30. The zero-order valence-corrected chi connectivity index (χ0v) is 18.7. The summed E-state index contributed by atoms with van der Waals surface area (Å²) in [7, 11) is 0. The third kappa shape index (κ3) is 13.6. The zero-order valence-electron chi connectivity index (χ0n) is 18.7. The average molecular weight is 431 g/mol. The van der Waals surface area contributed by atoms with Crippen molar-refractivity contribution >= 4 is 17.7 Å². The first-order valence-corrected chi connectivity index (χ1v) is 10.7. The first kappa shape index (κ1) is 26.5. The molecule has 0 aromatic heterocycles. The minimum absolute atomic E-state index is 0.00872. The number of nitrogens with zero attached hydrogens (tertiary/aromatic N) is 1. The van der Waals surface area contributed by atoms with Crippen LogP contribution in [0.1, 0.15) is 46.5 Å². The lowest BCUT2D eigenvalue weighted by molar-refractivity contribution is -0.139. The standard InChI is InChI=1S/C21H38N2O7/c1-21(2,3)7-8-22-18(24)6-10-27-12-14-29-16-17-30-15-13-28-11-9-23-19(25)4-5-20(23)26/h4-17H2,1-3H3,(H,22,24). The Hall–Kier alpha value is -1.55. The lowest BCUT2D eigenvalue weighted by atomic mass is 9.92. The number of carbonyl (C=O) groups excluding carboxylic acids is 3. The second kappa shape index (κ2) is 15.3. The largest absolute Gasteiger partial charge is 0.379 e. The molecule has 0 radical (unpaired) electrons. The fraction of sp³-hybridized carbons (Fsp3) is 0.857. The summed E-state index contributed by atoms with van der Waals surface area (Å²) in [6.07, 6.45) is 1.91. The molecule has 1 saturated heterocycles. The van der Waals surface area contributed by atoms with Crippen molar-refractivity contribution in [3.8, 4) is 0 Å². The van der Waals surface area contributed by atoms with Crippen LogP contribution in [0.3, 0.4) is 0 Å². The van der Waals surface area contributed by atoms with E-state index in [0.717, 1.165) is 6.42 Å². The van der Waals surface area contributed by atoms with Crippen LogP contribution in [-0.4, -0.2) is 88.6 Å². The highest BCUT2D eigenvalue weighted by Crippen LogP contribution is 2.16. The molecule has 0 saturated carbocycles. The first-order chi connectivity index (χ1) is 14.3. The summed E-state index contributed by atoms with van der Waals surface area (Å²) in [5.41, 5.74) is 0.217. The van der Waals surface area contributed by atoms with Gasteiger partial charge in [0.05, 0.1) is 59.4 Å². The number of rotatable bonds is 17. The molecule has 30 heavy (non-hydrogen) atoms. The molecule has 0 aromatic carbocycles. The molecule has 0 spiro atoms. The van der Waals surface area contributed by atoms with E-state index in [1.807, 2.05) is 0 Å². The van der Waals surface area contributed by atoms with Gasteiger partial charge in [0.1, 0.15) is 0 Å². The van der Waals surface area contributed by atoms with Gasteiger partial charge in [-0.1, -0.05) is 20.8 Å². The van der Waals surface area contributed by atoms with Gasteiger partial charge in [0.25, 0.3) is 0 Å². The maximum absolute atomic E-state index is 11.6. The summed E-state index contributed by atoms with van der Waals surface area (Å²) in [6.45, 7) is 10.7. The van der Waals surface area contributed by atoms with Gasteiger partial charge in [-0.15, -0.1) is 0 Å². The normalized spacial score (nSPS) is 14.6. The molecular weight excluding hydrogens is 392 g/mol. The molecule has 0 bridgehead atoms. The van der Waals surface area contributed by atoms with E-state index in [1.54, 1.807) is 0 Å². The molecule has 1 rings (SSSR count). The monoisotopic (exact) mass is 430 g/mol. The van der Waals surface area contributed by atoms with Crippen LogP contribution in [0.25, 0.3) is 0 Å². The summed E-state index contributed by atoms with van der Waals surface area (Å²) >= 11 is 0. The van der Waals surface area contributed by atoms with Crippen molar-refractivity contribution in [3.63, 3.8) is 0 Å². The number of hydrogen-bond donors (Lipinski definition) is 1. The van der Waals surface area contributed by atoms with Crippen molar-refractivity contribution in [3.05, 3.63) is 0 Å². The number of likely N-dealkylation sites (tertiary alicyclic amines) is 1. The molecule has 1 aliphatic heterocycles. The van der Waals surface area contributed by atoms with Crippen molar-refractivity contribution in [2.24, 2.45) is 5.41 Å². The number of nitrogens with one attached hydrogen (secondary N) is 1. The smallest absolute Gasteiger partial charge is 0.229 e. The Bertz CT molecular complexity index is 504. The van der Waals surface area contributed by atoms with E-state index in [1.165, 1.54) is 4.90 Å². The van der Waals surface area contributed by atoms with Gasteiger partial charge >= 0.3 is 0 Å². The molecule has 1 aliphatic rings. The van der Waals surface area contributed by atoms with Gasteiger partial charge in [-0.3, -0.25) is 19.3 Å². The summed E-state index contributed by atoms with van der Waals surface area (Å²) < 4.78 is 21.5. The molecule has 9 heteroatoms. The molecule has 0 aliphatic carbocycles. The quantitative estimate of drug-likeness (QED) is 0.273. The van der Waals surface area contributed by atoms with Crippen molar-refractivity contribution in [2.75, 3.05) is 65.9 Å². The molecule has 3 amide bonds. The Morgan fingerprint density at radius 1 is 0.833 bits per heavy atom. The summed E-state index contributed by atoms with van der Waals surface area (Å²) in [5, 5.41) is 2.89. The minimum Gasteiger partial charge on any atom is -0.379 e. The number of carbonyl (C=O) groups is 3. The Labute approximate surface area is 179 Å². The molecule has 174 valence electrons. The lowest BCUT2D eigenvalue weighted by Crippen LogP contribution is -2.32. The van der Waals surface area contributed by atoms with Crippen LogP contribution in [0.5, 0.6) is 0 Å². The van der Waals surface area contributed by atoms with E-state index >= 15 is 0 Å². The van der Waals surface area contributed by atoms with Crippen LogP contribution in [0.4, 0.5) is 0 Å². The first-order valence-electron chi connectivity index (χ1n) is 10.7. The van der Waals surface area contributed by atoms with Crippen LogP contribution in [0.15, 0.2) is 0 Å². The van der Waals surface area contributed by atoms with Crippen molar-refractivity contribution in [1.29, 1.82) is 0 Å². The average Bonchev–Trinajstić information content (AvgIpc) is 2.99. The van der Waals surface area contributed by atoms with Gasteiger partial charge in [0.2, 0.25) is 17.7 Å². The molecule has 9 nitrogen and oxygen atoms in total. The topological polar surface area (TPSA) is 103 Å². The molecule has 1 heterocycles. The van der Waals surface area contributed by atoms with Gasteiger partial charge in [-0.05, 0) is 11.8 Å². The number of imide groups is 1. The van der Waals surface area contributed by atoms with Crippen LogP contribution >= 0.6 is 0 Å². The third-order valence-corrected chi connectivity index (χ3v) is 4.40. The SMILES string of the molecule is CC(C)(C)CCNC(=O)CCOCCOCCOCCOCCN1C(=O)CCC1=O. The van der Waals surface area contributed by atoms with E-state index in [9.17, 15) is 14.4 Å². The van der Waals surface area contributed by atoms with Crippen LogP contribution < -0.4 is 5.32 Å². The fourth-order valence-corrected chi connectivity index (χ4v) is 2.62. The van der Waals surface area contributed by atoms with Crippen molar-refractivity contribution < 1.29 is 33.3 Å². The molecular formula is C21H38N2O7. The van der Waals surface area contributed by atoms with Crippen LogP contribution in [-0.2, 0) is 33.3 Å². The van der Waals surface area contributed by atoms with E-state index in [-0.39, 0.29) is 23.1 Å². The predicted octanol–water partition coefficient (Wildman–Crippen LogP) is 1.14. The highest BCUT2D eigenvalue weighted by molar-refractivity contribution is 6.01. The van der Waals surface area contributed by atoms with Gasteiger partial charge in [0, 0.05) is 25.8 Å². The second-order valence-corrected chi connectivity index (χ2v) is 8.30. The maximum Gasteiger partial charge on any atom is 0.229 e. The number of hydrogen-bond acceptors (Lipinski definition) is 7. The summed E-state index contributed by atoms with van der Waals surface area (Å²) in [6, 6.07) is 0. The maximum atomic E-state index is 11.6. The fourth-order valence-electron chi connectivity index (χ4n) is 2.62. The van der Waals surface area contributed by atoms with E-state index in [0.29, 0.717) is 85.2 Å². The highest BCUT2D eigenvalue weighted by Gasteiger charge is 2.28. The molecule has 0 unspecified atom stereocenters. The Morgan fingerprint density at radius 2 is 1.30 bits per heavy atom. The highest BCUT2D eigenvalue weighted by atomic mass is 16.6. The van der Waals surface area contributed by atoms with Crippen molar-refractivity contribution in [2.45, 2.75) is 46.5 Å². The molecule has 0 atom stereocenters. The van der Waals surface area contributed by atoms with E-state index < -0.39 is 0 Å². The van der Waals surface area contributed by atoms with Gasteiger partial charge in [0.15, 0.2) is 0 Å². The number of ether oxygens (including phenoxy) is 4. The zero-order chi connectivity index (χ0) is 22.2. The molecule has 1 N–H and O–H groups in total. The van der Waals surface area contributed by atoms with Gasteiger partial charge in [-0.2, -0.15) is 0 Å². The number of amides is 3. The summed E-state index contributed by atoms with van der Waals surface area (Å²) in [4.78, 5) is 35.7. The Morgan fingerprint density at radius 3 is 1.80 bits per heavy atom. The lowest BCUT2D eigenvalue weighted by Gasteiger charge is -2.17. The third-order valence-electron chi connectivity index (χ3n) is 4.40. The Kier molecular flexibility index (Phi) is 13.5. The van der Waals surface area contributed by atoms with Gasteiger partial charge < -0.3 is 24.3 Å². The van der Waals surface area contributed by atoms with E-state index in [2.05, 4.69) is 26.1 Å². The van der Waals surface area contributed by atoms with Crippen LogP contribution in [0.2, 0.25) is 0 Å². The molecule has 0 aromatic rings. The summed E-state index contributed by atoms with van der Waals surface area (Å²) in [5.74, 6) is -0.241. The van der Waals surface area contributed by atoms with Crippen molar-refractivity contribution in [1.82, 2.24) is 10.2 Å². The van der Waals surface area contributed by atoms with E-state index in [4.69, 9.17) is 18.9 Å².